The Morgan fingerprint density at radius 1 is 1.00 bits per heavy atom. The van der Waals surface area contributed by atoms with Crippen molar-refractivity contribution in [2.75, 3.05) is 11.1 Å². The van der Waals surface area contributed by atoms with Gasteiger partial charge in [-0.2, -0.15) is 18.2 Å². The number of nitrogen functional groups attached to an aromatic ring is 1. The van der Waals surface area contributed by atoms with Crippen LogP contribution in [0.1, 0.15) is 11.1 Å². The summed E-state index contributed by atoms with van der Waals surface area (Å²) in [6, 6.07) is 12.4. The molecule has 0 saturated carbocycles. The van der Waals surface area contributed by atoms with Crippen LogP contribution in [-0.4, -0.2) is 9.97 Å². The summed E-state index contributed by atoms with van der Waals surface area (Å²) in [4.78, 5) is 8.42. The predicted octanol–water partition coefficient (Wildman–Crippen LogP) is 3.84. The fourth-order valence-electron chi connectivity index (χ4n) is 2.22. The second-order valence-electron chi connectivity index (χ2n) is 5.00. The normalized spacial score (nSPS) is 11.6. The Labute approximate surface area is 130 Å². The van der Waals surface area contributed by atoms with Gasteiger partial charge in [0.05, 0.1) is 11.1 Å². The zero-order valence-corrected chi connectivity index (χ0v) is 11.9. The molecule has 0 bridgehead atoms. The number of alkyl halides is 3. The molecule has 4 nitrogen and oxygen atoms in total. The van der Waals surface area contributed by atoms with E-state index in [4.69, 9.17) is 5.73 Å². The van der Waals surface area contributed by atoms with Crippen molar-refractivity contribution in [3.8, 4) is 0 Å². The van der Waals surface area contributed by atoms with Crippen molar-refractivity contribution in [3.63, 3.8) is 0 Å². The Kier molecular flexibility index (Phi) is 3.77. The van der Waals surface area contributed by atoms with E-state index < -0.39 is 11.7 Å². The van der Waals surface area contributed by atoms with Crippen LogP contribution in [0.2, 0.25) is 0 Å². The lowest BCUT2D eigenvalue weighted by Crippen LogP contribution is -2.08. The summed E-state index contributed by atoms with van der Waals surface area (Å²) in [7, 11) is 0. The topological polar surface area (TPSA) is 63.8 Å². The molecule has 0 aliphatic rings. The molecule has 118 valence electrons. The fraction of sp³-hybridized carbons (Fsp3) is 0.125. The molecule has 1 aromatic heterocycles. The minimum Gasteiger partial charge on any atom is -0.383 e. The molecule has 0 unspecified atom stereocenters. The number of nitrogens with two attached hydrogens (primary N) is 1. The summed E-state index contributed by atoms with van der Waals surface area (Å²) in [5.74, 6) is 0.598. The number of hydrogen-bond acceptors (Lipinski definition) is 4. The first-order valence-electron chi connectivity index (χ1n) is 6.86. The molecule has 23 heavy (non-hydrogen) atoms. The standard InChI is InChI=1S/C16H13F3N4/c17-16(18,19)11-5-3-4-10(8-11)9-21-15-22-13-7-2-1-6-12(13)14(20)23-15/h1-8H,9H2,(H3,20,21,22,23). The monoisotopic (exact) mass is 318 g/mol. The van der Waals surface area contributed by atoms with Crippen molar-refractivity contribution in [2.24, 2.45) is 0 Å². The Morgan fingerprint density at radius 3 is 2.57 bits per heavy atom. The third-order valence-corrected chi connectivity index (χ3v) is 3.34. The van der Waals surface area contributed by atoms with Crippen LogP contribution in [0.3, 0.4) is 0 Å². The van der Waals surface area contributed by atoms with Gasteiger partial charge in [0.15, 0.2) is 0 Å². The molecule has 0 aliphatic carbocycles. The zero-order chi connectivity index (χ0) is 16.4. The van der Waals surface area contributed by atoms with Crippen molar-refractivity contribution in [2.45, 2.75) is 12.7 Å². The molecule has 0 radical (unpaired) electrons. The number of fused-ring (bicyclic) bond motifs is 1. The van der Waals surface area contributed by atoms with Crippen LogP contribution < -0.4 is 11.1 Å². The molecule has 7 heteroatoms. The van der Waals surface area contributed by atoms with Gasteiger partial charge in [0.25, 0.3) is 0 Å². The third kappa shape index (κ3) is 3.33. The van der Waals surface area contributed by atoms with Crippen LogP contribution in [0, 0.1) is 0 Å². The molecule has 0 aliphatic heterocycles. The number of nitrogens with one attached hydrogen (secondary N) is 1. The van der Waals surface area contributed by atoms with E-state index in [1.807, 2.05) is 12.1 Å². The first-order chi connectivity index (χ1) is 10.9. The van der Waals surface area contributed by atoms with Gasteiger partial charge in [0.1, 0.15) is 5.82 Å². The lowest BCUT2D eigenvalue weighted by atomic mass is 10.1. The number of halogens is 3. The van der Waals surface area contributed by atoms with Crippen molar-refractivity contribution >= 4 is 22.7 Å². The van der Waals surface area contributed by atoms with Gasteiger partial charge in [-0.3, -0.25) is 0 Å². The summed E-state index contributed by atoms with van der Waals surface area (Å²) in [6.45, 7) is 0.168. The van der Waals surface area contributed by atoms with E-state index >= 15 is 0 Å². The average molecular weight is 318 g/mol. The number of benzene rings is 2. The first kappa shape index (κ1) is 15.1. The van der Waals surface area contributed by atoms with E-state index in [1.54, 1.807) is 18.2 Å². The predicted molar refractivity (Wildman–Crippen MR) is 82.7 cm³/mol. The van der Waals surface area contributed by atoms with Crippen LogP contribution in [0.15, 0.2) is 48.5 Å². The van der Waals surface area contributed by atoms with Crippen LogP contribution in [0.5, 0.6) is 0 Å². The average Bonchev–Trinajstić information content (AvgIpc) is 2.52. The van der Waals surface area contributed by atoms with Gasteiger partial charge in [0.2, 0.25) is 5.95 Å². The molecule has 0 fully saturated rings. The van der Waals surface area contributed by atoms with E-state index in [1.165, 1.54) is 6.07 Å². The second-order valence-corrected chi connectivity index (χ2v) is 5.00. The van der Waals surface area contributed by atoms with Crippen molar-refractivity contribution < 1.29 is 13.2 Å². The third-order valence-electron chi connectivity index (χ3n) is 3.34. The van der Waals surface area contributed by atoms with Gasteiger partial charge in [-0.05, 0) is 29.8 Å². The Hall–Kier alpha value is -2.83. The van der Waals surface area contributed by atoms with E-state index in [0.29, 0.717) is 16.9 Å². The first-order valence-corrected chi connectivity index (χ1v) is 6.86. The van der Waals surface area contributed by atoms with Crippen LogP contribution >= 0.6 is 0 Å². The van der Waals surface area contributed by atoms with Gasteiger partial charge >= 0.3 is 6.18 Å². The molecule has 0 atom stereocenters. The highest BCUT2D eigenvalue weighted by Crippen LogP contribution is 2.29. The highest BCUT2D eigenvalue weighted by Gasteiger charge is 2.30. The number of rotatable bonds is 3. The van der Waals surface area contributed by atoms with Gasteiger partial charge in [-0.1, -0.05) is 24.3 Å². The molecule has 3 aromatic rings. The fourth-order valence-corrected chi connectivity index (χ4v) is 2.22. The summed E-state index contributed by atoms with van der Waals surface area (Å²) < 4.78 is 38.1. The maximum absolute atomic E-state index is 12.7. The van der Waals surface area contributed by atoms with E-state index in [-0.39, 0.29) is 12.5 Å². The van der Waals surface area contributed by atoms with Crippen LogP contribution in [0.25, 0.3) is 10.9 Å². The lowest BCUT2D eigenvalue weighted by molar-refractivity contribution is -0.137. The molecule has 3 rings (SSSR count). The largest absolute Gasteiger partial charge is 0.416 e. The highest BCUT2D eigenvalue weighted by atomic mass is 19.4. The minimum absolute atomic E-state index is 0.168. The molecule has 1 heterocycles. The van der Waals surface area contributed by atoms with Crippen LogP contribution in [-0.2, 0) is 12.7 Å². The number of anilines is 2. The molecule has 0 saturated heterocycles. The molecule has 3 N–H and O–H groups in total. The van der Waals surface area contributed by atoms with E-state index in [2.05, 4.69) is 15.3 Å². The summed E-state index contributed by atoms with van der Waals surface area (Å²) in [5, 5.41) is 3.64. The molecule has 0 amide bonds. The maximum atomic E-state index is 12.7. The molecular weight excluding hydrogens is 305 g/mol. The molecular formula is C16H13F3N4. The second kappa shape index (κ2) is 5.75. The Bertz CT molecular complexity index is 846. The van der Waals surface area contributed by atoms with Crippen LogP contribution in [0.4, 0.5) is 24.9 Å². The Morgan fingerprint density at radius 2 is 1.78 bits per heavy atom. The lowest BCUT2D eigenvalue weighted by Gasteiger charge is -2.10. The van der Waals surface area contributed by atoms with Gasteiger partial charge in [-0.15, -0.1) is 0 Å². The Balaban J connectivity index is 1.81. The van der Waals surface area contributed by atoms with Crippen molar-refractivity contribution in [1.82, 2.24) is 9.97 Å². The number of aromatic nitrogens is 2. The maximum Gasteiger partial charge on any atom is 0.416 e. The number of hydrogen-bond donors (Lipinski definition) is 2. The van der Waals surface area contributed by atoms with E-state index in [0.717, 1.165) is 17.5 Å². The smallest absolute Gasteiger partial charge is 0.383 e. The van der Waals surface area contributed by atoms with Crippen molar-refractivity contribution in [1.29, 1.82) is 0 Å². The van der Waals surface area contributed by atoms with Gasteiger partial charge in [-0.25, -0.2) is 4.98 Å². The number of para-hydroxylation sites is 1. The number of nitrogens with zero attached hydrogens (tertiary/aromatic N) is 2. The highest BCUT2D eigenvalue weighted by molar-refractivity contribution is 5.88. The zero-order valence-electron chi connectivity index (χ0n) is 11.9. The van der Waals surface area contributed by atoms with Crippen molar-refractivity contribution in [3.05, 3.63) is 59.7 Å². The van der Waals surface area contributed by atoms with Gasteiger partial charge < -0.3 is 11.1 Å². The summed E-state index contributed by atoms with van der Waals surface area (Å²) in [5.41, 5.74) is 6.34. The van der Waals surface area contributed by atoms with E-state index in [9.17, 15) is 13.2 Å². The van der Waals surface area contributed by atoms with Gasteiger partial charge in [0, 0.05) is 11.9 Å². The minimum atomic E-state index is -4.36. The molecule has 2 aromatic carbocycles. The molecule has 0 spiro atoms. The summed E-state index contributed by atoms with van der Waals surface area (Å²) >= 11 is 0. The summed E-state index contributed by atoms with van der Waals surface area (Å²) in [6.07, 6.45) is -4.36. The SMILES string of the molecule is Nc1nc(NCc2cccc(C(F)(F)F)c2)nc2ccccc12. The quantitative estimate of drug-likeness (QED) is 0.770.